The number of rotatable bonds is 6. The van der Waals surface area contributed by atoms with Crippen molar-refractivity contribution >= 4 is 51.7 Å². The second-order valence-corrected chi connectivity index (χ2v) is 10.2. The maximum Gasteiger partial charge on any atom is 0.242 e. The summed E-state index contributed by atoms with van der Waals surface area (Å²) in [6.07, 6.45) is 1.97. The second-order valence-electron chi connectivity index (χ2n) is 8.60. The number of aryl methyl sites for hydroxylation is 2. The molecule has 0 aromatic heterocycles. The lowest BCUT2D eigenvalue weighted by Gasteiger charge is -2.20. The van der Waals surface area contributed by atoms with Gasteiger partial charge in [0.1, 0.15) is 5.25 Å². The Morgan fingerprint density at radius 3 is 2.70 bits per heavy atom. The summed E-state index contributed by atoms with van der Waals surface area (Å²) in [7, 11) is 0. The number of benzene rings is 2. The van der Waals surface area contributed by atoms with E-state index in [1.165, 1.54) is 11.8 Å². The SMILES string of the molecule is Cc1cc(C)cc(N=C2SC(CC(=O)Nc3cccc(Cl)c3C)C(=O)N2CC2CCCO2)c1. The highest BCUT2D eigenvalue weighted by molar-refractivity contribution is 8.15. The van der Waals surface area contributed by atoms with Gasteiger partial charge >= 0.3 is 0 Å². The van der Waals surface area contributed by atoms with E-state index in [0.717, 1.165) is 35.2 Å². The second kappa shape index (κ2) is 10.3. The molecule has 1 N–H and O–H groups in total. The van der Waals surface area contributed by atoms with Crippen LogP contribution in [0.4, 0.5) is 11.4 Å². The van der Waals surface area contributed by atoms with E-state index >= 15 is 0 Å². The number of carbonyl (C=O) groups is 2. The number of thioether (sulfide) groups is 1. The predicted molar refractivity (Wildman–Crippen MR) is 135 cm³/mol. The van der Waals surface area contributed by atoms with Crippen molar-refractivity contribution < 1.29 is 14.3 Å². The molecule has 2 aliphatic rings. The number of carbonyl (C=O) groups excluding carboxylic acids is 2. The fourth-order valence-electron chi connectivity index (χ4n) is 4.12. The summed E-state index contributed by atoms with van der Waals surface area (Å²) in [5.74, 6) is -0.326. The minimum absolute atomic E-state index is 0.000632. The predicted octanol–water partition coefficient (Wildman–Crippen LogP) is 5.40. The standard InChI is InChI=1S/C25H28ClN3O3S/c1-15-10-16(2)12-18(11-15)27-25-29(14-19-6-5-9-32-19)24(31)22(33-25)13-23(30)28-21-8-4-7-20(26)17(21)3/h4,7-8,10-12,19,22H,5-6,9,13-14H2,1-3H3,(H,28,30). The van der Waals surface area contributed by atoms with Crippen molar-refractivity contribution in [3.05, 3.63) is 58.1 Å². The van der Waals surface area contributed by atoms with Gasteiger partial charge in [0, 0.05) is 23.7 Å². The first-order valence-corrected chi connectivity index (χ1v) is 12.4. The summed E-state index contributed by atoms with van der Waals surface area (Å²) in [6.45, 7) is 7.08. The fraction of sp³-hybridized carbons (Fsp3) is 0.400. The zero-order valence-electron chi connectivity index (χ0n) is 19.1. The Bertz CT molecular complexity index is 1080. The topological polar surface area (TPSA) is 71.0 Å². The van der Waals surface area contributed by atoms with Crippen LogP contribution in [-0.4, -0.2) is 46.4 Å². The van der Waals surface area contributed by atoms with Crippen molar-refractivity contribution in [1.82, 2.24) is 4.90 Å². The van der Waals surface area contributed by atoms with Crippen LogP contribution in [0.15, 0.2) is 41.4 Å². The smallest absolute Gasteiger partial charge is 0.242 e. The number of nitrogens with zero attached hydrogens (tertiary/aromatic N) is 2. The quantitative estimate of drug-likeness (QED) is 0.594. The Hall–Kier alpha value is -2.35. The van der Waals surface area contributed by atoms with Crippen LogP contribution in [0.1, 0.15) is 36.0 Å². The largest absolute Gasteiger partial charge is 0.376 e. The number of amides is 2. The lowest BCUT2D eigenvalue weighted by molar-refractivity contribution is -0.129. The highest BCUT2D eigenvalue weighted by Gasteiger charge is 2.40. The minimum Gasteiger partial charge on any atom is -0.376 e. The van der Waals surface area contributed by atoms with E-state index in [4.69, 9.17) is 21.3 Å². The van der Waals surface area contributed by atoms with Gasteiger partial charge in [-0.05, 0) is 74.6 Å². The molecule has 0 aliphatic carbocycles. The monoisotopic (exact) mass is 485 g/mol. The summed E-state index contributed by atoms with van der Waals surface area (Å²) in [4.78, 5) is 32.6. The summed E-state index contributed by atoms with van der Waals surface area (Å²) >= 11 is 7.51. The first-order chi connectivity index (χ1) is 15.8. The zero-order valence-corrected chi connectivity index (χ0v) is 20.6. The van der Waals surface area contributed by atoms with Gasteiger partial charge in [-0.2, -0.15) is 0 Å². The van der Waals surface area contributed by atoms with Crippen molar-refractivity contribution in [2.45, 2.75) is 51.4 Å². The number of anilines is 1. The molecular formula is C25H28ClN3O3S. The fourth-order valence-corrected chi connectivity index (χ4v) is 5.46. The Morgan fingerprint density at radius 2 is 2.00 bits per heavy atom. The summed E-state index contributed by atoms with van der Waals surface area (Å²) in [5, 5.41) is 3.57. The van der Waals surface area contributed by atoms with Gasteiger partial charge in [0.15, 0.2) is 5.17 Å². The number of hydrogen-bond acceptors (Lipinski definition) is 5. The molecule has 2 aromatic rings. The van der Waals surface area contributed by atoms with Crippen molar-refractivity contribution in [3.8, 4) is 0 Å². The first kappa shape index (κ1) is 23.8. The van der Waals surface area contributed by atoms with E-state index in [1.807, 2.05) is 32.9 Å². The maximum atomic E-state index is 13.3. The molecule has 0 spiro atoms. The van der Waals surface area contributed by atoms with Gasteiger partial charge in [0.2, 0.25) is 11.8 Å². The first-order valence-electron chi connectivity index (χ1n) is 11.1. The number of hydrogen-bond donors (Lipinski definition) is 1. The van der Waals surface area contributed by atoms with Gasteiger partial charge in [0.25, 0.3) is 0 Å². The van der Waals surface area contributed by atoms with Gasteiger partial charge in [-0.15, -0.1) is 0 Å². The van der Waals surface area contributed by atoms with E-state index in [0.29, 0.717) is 29.0 Å². The molecule has 2 atom stereocenters. The van der Waals surface area contributed by atoms with Crippen LogP contribution in [0.25, 0.3) is 0 Å². The van der Waals surface area contributed by atoms with Crippen LogP contribution >= 0.6 is 23.4 Å². The molecule has 0 saturated carbocycles. The van der Waals surface area contributed by atoms with Gasteiger partial charge in [-0.1, -0.05) is 35.5 Å². The van der Waals surface area contributed by atoms with Crippen LogP contribution in [0.3, 0.4) is 0 Å². The van der Waals surface area contributed by atoms with Gasteiger partial charge in [-0.3, -0.25) is 14.5 Å². The van der Waals surface area contributed by atoms with Crippen LogP contribution in [0, 0.1) is 20.8 Å². The van der Waals surface area contributed by atoms with Crippen LogP contribution in [-0.2, 0) is 14.3 Å². The summed E-state index contributed by atoms with van der Waals surface area (Å²) in [5.41, 5.74) is 4.49. The summed E-state index contributed by atoms with van der Waals surface area (Å²) in [6, 6.07) is 11.5. The number of amidine groups is 1. The van der Waals surface area contributed by atoms with Gasteiger partial charge < -0.3 is 10.1 Å². The molecule has 4 rings (SSSR count). The molecule has 2 unspecified atom stereocenters. The Balaban J connectivity index is 1.53. The highest BCUT2D eigenvalue weighted by atomic mass is 35.5. The highest BCUT2D eigenvalue weighted by Crippen LogP contribution is 2.34. The molecule has 8 heteroatoms. The van der Waals surface area contributed by atoms with E-state index < -0.39 is 5.25 Å². The number of ether oxygens (including phenoxy) is 1. The number of halogens is 1. The maximum absolute atomic E-state index is 13.3. The summed E-state index contributed by atoms with van der Waals surface area (Å²) < 4.78 is 5.77. The van der Waals surface area contributed by atoms with Crippen LogP contribution in [0.5, 0.6) is 0 Å². The number of nitrogens with one attached hydrogen (secondary N) is 1. The molecule has 2 fully saturated rings. The lowest BCUT2D eigenvalue weighted by atomic mass is 10.1. The average Bonchev–Trinajstić information content (AvgIpc) is 3.35. The van der Waals surface area contributed by atoms with Crippen molar-refractivity contribution in [1.29, 1.82) is 0 Å². The average molecular weight is 486 g/mol. The molecule has 174 valence electrons. The third-order valence-electron chi connectivity index (χ3n) is 5.77. The van der Waals surface area contributed by atoms with Crippen molar-refractivity contribution in [2.75, 3.05) is 18.5 Å². The molecule has 0 radical (unpaired) electrons. The molecule has 33 heavy (non-hydrogen) atoms. The van der Waals surface area contributed by atoms with E-state index in [-0.39, 0.29) is 24.3 Å². The molecule has 6 nitrogen and oxygen atoms in total. The molecule has 2 amide bonds. The number of aliphatic imine (C=N–C) groups is 1. The Morgan fingerprint density at radius 1 is 1.24 bits per heavy atom. The van der Waals surface area contributed by atoms with Gasteiger partial charge in [0.05, 0.1) is 18.3 Å². The molecule has 2 aromatic carbocycles. The van der Waals surface area contributed by atoms with E-state index in [1.54, 1.807) is 23.1 Å². The Kier molecular flexibility index (Phi) is 7.41. The lowest BCUT2D eigenvalue weighted by Crippen LogP contribution is -2.38. The minimum atomic E-state index is -0.532. The van der Waals surface area contributed by atoms with E-state index in [9.17, 15) is 9.59 Å². The third-order valence-corrected chi connectivity index (χ3v) is 7.36. The van der Waals surface area contributed by atoms with Crippen molar-refractivity contribution in [2.24, 2.45) is 4.99 Å². The third kappa shape index (κ3) is 5.78. The van der Waals surface area contributed by atoms with Crippen molar-refractivity contribution in [3.63, 3.8) is 0 Å². The zero-order chi connectivity index (χ0) is 23.5. The Labute approximate surface area is 203 Å². The normalized spacial score (nSPS) is 21.8. The van der Waals surface area contributed by atoms with Crippen LogP contribution < -0.4 is 5.32 Å². The molecule has 0 bridgehead atoms. The molecular weight excluding hydrogens is 458 g/mol. The molecule has 2 heterocycles. The van der Waals surface area contributed by atoms with E-state index in [2.05, 4.69) is 11.4 Å². The molecule has 2 saturated heterocycles. The van der Waals surface area contributed by atoms with Crippen LogP contribution in [0.2, 0.25) is 5.02 Å². The molecule has 2 aliphatic heterocycles. The van der Waals surface area contributed by atoms with Gasteiger partial charge in [-0.25, -0.2) is 4.99 Å².